The molecule has 104 valence electrons. The van der Waals surface area contributed by atoms with E-state index in [0.717, 1.165) is 6.54 Å². The Labute approximate surface area is 117 Å². The predicted molar refractivity (Wildman–Crippen MR) is 80.8 cm³/mol. The molecule has 0 saturated carbocycles. The second-order valence-corrected chi connectivity index (χ2v) is 5.05. The third-order valence-corrected chi connectivity index (χ3v) is 3.42. The molecule has 0 amide bonds. The number of hydrogen-bond acceptors (Lipinski definition) is 2. The van der Waals surface area contributed by atoms with E-state index in [0.29, 0.717) is 6.42 Å². The Morgan fingerprint density at radius 1 is 1.05 bits per heavy atom. The topological polar surface area (TPSA) is 35.8 Å². The van der Waals surface area contributed by atoms with Crippen LogP contribution in [0.25, 0.3) is 0 Å². The van der Waals surface area contributed by atoms with E-state index in [-0.39, 0.29) is 6.04 Å². The fourth-order valence-corrected chi connectivity index (χ4v) is 2.27. The molecule has 1 aromatic carbocycles. The van der Waals surface area contributed by atoms with Crippen LogP contribution < -0.4 is 5.32 Å². The molecular weight excluding hydrogens is 232 g/mol. The van der Waals surface area contributed by atoms with Crippen molar-refractivity contribution in [1.29, 1.82) is 5.26 Å². The largest absolute Gasteiger partial charge is 0.309 e. The van der Waals surface area contributed by atoms with Crippen LogP contribution in [0.15, 0.2) is 30.3 Å². The van der Waals surface area contributed by atoms with Crippen LogP contribution in [0.3, 0.4) is 0 Å². The average molecular weight is 258 g/mol. The minimum Gasteiger partial charge on any atom is -0.309 e. The van der Waals surface area contributed by atoms with Gasteiger partial charge in [0, 0.05) is 6.04 Å². The zero-order chi connectivity index (χ0) is 13.8. The fraction of sp³-hybridized carbons (Fsp3) is 0.588. The Morgan fingerprint density at radius 3 is 2.42 bits per heavy atom. The molecule has 1 unspecified atom stereocenters. The van der Waals surface area contributed by atoms with E-state index in [1.807, 2.05) is 18.2 Å². The molecule has 0 aliphatic carbocycles. The predicted octanol–water partition coefficient (Wildman–Crippen LogP) is 4.59. The molecule has 0 heterocycles. The summed E-state index contributed by atoms with van der Waals surface area (Å²) in [6, 6.07) is 12.7. The van der Waals surface area contributed by atoms with Gasteiger partial charge in [0.25, 0.3) is 0 Å². The Kier molecular flexibility index (Phi) is 8.76. The van der Waals surface area contributed by atoms with E-state index in [2.05, 4.69) is 30.4 Å². The third-order valence-electron chi connectivity index (χ3n) is 3.42. The van der Waals surface area contributed by atoms with Crippen LogP contribution in [0.4, 0.5) is 0 Å². The van der Waals surface area contributed by atoms with E-state index in [1.165, 1.54) is 44.1 Å². The Bertz CT molecular complexity index is 353. The van der Waals surface area contributed by atoms with Crippen molar-refractivity contribution in [2.24, 2.45) is 0 Å². The Hall–Kier alpha value is -1.33. The molecule has 0 bridgehead atoms. The number of benzene rings is 1. The van der Waals surface area contributed by atoms with Crippen molar-refractivity contribution < 1.29 is 0 Å². The minimum absolute atomic E-state index is 0.182. The maximum atomic E-state index is 8.91. The van der Waals surface area contributed by atoms with E-state index < -0.39 is 0 Å². The van der Waals surface area contributed by atoms with Gasteiger partial charge in [0.2, 0.25) is 0 Å². The van der Waals surface area contributed by atoms with Gasteiger partial charge in [-0.15, -0.1) is 0 Å². The molecule has 1 N–H and O–H groups in total. The molecule has 0 aliphatic rings. The molecule has 0 spiro atoms. The Balaban J connectivity index is 2.22. The van der Waals surface area contributed by atoms with E-state index >= 15 is 0 Å². The summed E-state index contributed by atoms with van der Waals surface area (Å²) in [5, 5.41) is 12.4. The van der Waals surface area contributed by atoms with Crippen LogP contribution in [0, 0.1) is 11.3 Å². The molecule has 0 fully saturated rings. The van der Waals surface area contributed by atoms with Gasteiger partial charge in [0.15, 0.2) is 0 Å². The van der Waals surface area contributed by atoms with Gasteiger partial charge in [-0.1, -0.05) is 69.4 Å². The molecule has 0 aromatic heterocycles. The molecule has 1 atom stereocenters. The second kappa shape index (κ2) is 10.6. The second-order valence-electron chi connectivity index (χ2n) is 5.05. The lowest BCUT2D eigenvalue weighted by Crippen LogP contribution is -2.22. The van der Waals surface area contributed by atoms with Gasteiger partial charge in [-0.25, -0.2) is 0 Å². The number of rotatable bonds is 10. The van der Waals surface area contributed by atoms with Gasteiger partial charge in [0.1, 0.15) is 0 Å². The van der Waals surface area contributed by atoms with Crippen LogP contribution in [0.2, 0.25) is 0 Å². The fourth-order valence-electron chi connectivity index (χ4n) is 2.27. The maximum absolute atomic E-state index is 8.91. The van der Waals surface area contributed by atoms with Crippen LogP contribution >= 0.6 is 0 Å². The maximum Gasteiger partial charge on any atom is 0.0641 e. The summed E-state index contributed by atoms with van der Waals surface area (Å²) < 4.78 is 0. The van der Waals surface area contributed by atoms with Gasteiger partial charge in [-0.2, -0.15) is 5.26 Å². The number of unbranched alkanes of at least 4 members (excludes halogenated alkanes) is 5. The highest BCUT2D eigenvalue weighted by Gasteiger charge is 2.09. The standard InChI is InChI=1S/C17H26N2/c1-2-3-4-5-6-10-15-19-17(13-14-18)16-11-8-7-9-12-16/h7-9,11-12,17,19H,2-6,10,13,15H2,1H3. The van der Waals surface area contributed by atoms with E-state index in [1.54, 1.807) is 0 Å². The number of nitriles is 1. The van der Waals surface area contributed by atoms with Gasteiger partial charge < -0.3 is 5.32 Å². The molecule has 2 nitrogen and oxygen atoms in total. The van der Waals surface area contributed by atoms with Crippen LogP contribution in [0.1, 0.15) is 63.5 Å². The lowest BCUT2D eigenvalue weighted by Gasteiger charge is -2.16. The average Bonchev–Trinajstić information content (AvgIpc) is 2.46. The molecule has 2 heteroatoms. The lowest BCUT2D eigenvalue weighted by molar-refractivity contribution is 0.508. The molecule has 1 rings (SSSR count). The molecule has 1 aromatic rings. The first kappa shape index (κ1) is 15.7. The van der Waals surface area contributed by atoms with Gasteiger partial charge in [0.05, 0.1) is 12.5 Å². The van der Waals surface area contributed by atoms with E-state index in [4.69, 9.17) is 5.26 Å². The summed E-state index contributed by atoms with van der Waals surface area (Å²) in [6.45, 7) is 3.25. The highest BCUT2D eigenvalue weighted by Crippen LogP contribution is 2.16. The van der Waals surface area contributed by atoms with Crippen LogP contribution in [-0.4, -0.2) is 6.54 Å². The molecule has 0 saturated heterocycles. The number of hydrogen-bond donors (Lipinski definition) is 1. The molecule has 0 aliphatic heterocycles. The van der Waals surface area contributed by atoms with Crippen molar-refractivity contribution in [2.75, 3.05) is 6.54 Å². The summed E-state index contributed by atoms with van der Waals surface area (Å²) in [5.41, 5.74) is 1.22. The van der Waals surface area contributed by atoms with Gasteiger partial charge in [-0.3, -0.25) is 0 Å². The molecule has 0 radical (unpaired) electrons. The summed E-state index contributed by atoms with van der Waals surface area (Å²) in [5.74, 6) is 0. The van der Waals surface area contributed by atoms with Crippen molar-refractivity contribution in [1.82, 2.24) is 5.32 Å². The van der Waals surface area contributed by atoms with Crippen molar-refractivity contribution in [3.63, 3.8) is 0 Å². The highest BCUT2D eigenvalue weighted by molar-refractivity contribution is 5.19. The first-order valence-corrected chi connectivity index (χ1v) is 7.53. The summed E-state index contributed by atoms with van der Waals surface area (Å²) >= 11 is 0. The van der Waals surface area contributed by atoms with Crippen molar-refractivity contribution in [3.8, 4) is 6.07 Å². The lowest BCUT2D eigenvalue weighted by atomic mass is 10.0. The van der Waals surface area contributed by atoms with Gasteiger partial charge in [-0.05, 0) is 18.5 Å². The van der Waals surface area contributed by atoms with Crippen molar-refractivity contribution in [3.05, 3.63) is 35.9 Å². The smallest absolute Gasteiger partial charge is 0.0641 e. The van der Waals surface area contributed by atoms with Gasteiger partial charge >= 0.3 is 0 Å². The monoisotopic (exact) mass is 258 g/mol. The third kappa shape index (κ3) is 6.98. The number of nitrogens with zero attached hydrogens (tertiary/aromatic N) is 1. The van der Waals surface area contributed by atoms with Crippen LogP contribution in [0.5, 0.6) is 0 Å². The summed E-state index contributed by atoms with van der Waals surface area (Å²) in [4.78, 5) is 0. The zero-order valence-corrected chi connectivity index (χ0v) is 12.1. The molecular formula is C17H26N2. The van der Waals surface area contributed by atoms with Crippen molar-refractivity contribution >= 4 is 0 Å². The first-order valence-electron chi connectivity index (χ1n) is 7.53. The van der Waals surface area contributed by atoms with Crippen molar-refractivity contribution in [2.45, 2.75) is 57.9 Å². The first-order chi connectivity index (χ1) is 9.38. The summed E-state index contributed by atoms with van der Waals surface area (Å²) in [6.07, 6.45) is 8.39. The SMILES string of the molecule is CCCCCCCCNC(CC#N)c1ccccc1. The minimum atomic E-state index is 0.182. The highest BCUT2D eigenvalue weighted by atomic mass is 14.9. The van der Waals surface area contributed by atoms with E-state index in [9.17, 15) is 0 Å². The number of nitrogens with one attached hydrogen (secondary N) is 1. The summed E-state index contributed by atoms with van der Waals surface area (Å²) in [7, 11) is 0. The normalized spacial score (nSPS) is 12.0. The quantitative estimate of drug-likeness (QED) is 0.623. The zero-order valence-electron chi connectivity index (χ0n) is 12.1. The molecule has 19 heavy (non-hydrogen) atoms. The van der Waals surface area contributed by atoms with Crippen LogP contribution in [-0.2, 0) is 0 Å². The Morgan fingerprint density at radius 2 is 1.74 bits per heavy atom.